The third kappa shape index (κ3) is 4.93. The number of rotatable bonds is 7. The number of nitriles is 1. The molecule has 0 spiro atoms. The van der Waals surface area contributed by atoms with E-state index in [9.17, 15) is 5.26 Å². The first-order valence-electron chi connectivity index (χ1n) is 9.06. The maximum Gasteiger partial charge on any atom is 0.227 e. The summed E-state index contributed by atoms with van der Waals surface area (Å²) >= 11 is 0. The van der Waals surface area contributed by atoms with Crippen molar-refractivity contribution >= 4 is 11.6 Å². The van der Waals surface area contributed by atoms with E-state index in [2.05, 4.69) is 21.4 Å². The van der Waals surface area contributed by atoms with Gasteiger partial charge in [0.1, 0.15) is 23.3 Å². The van der Waals surface area contributed by atoms with Crippen LogP contribution < -0.4 is 19.5 Å². The summed E-state index contributed by atoms with van der Waals surface area (Å²) in [6.45, 7) is 3.84. The summed E-state index contributed by atoms with van der Waals surface area (Å²) < 4.78 is 16.3. The van der Waals surface area contributed by atoms with Crippen molar-refractivity contribution in [3.8, 4) is 34.6 Å². The third-order valence-electron chi connectivity index (χ3n) is 4.02. The topological polar surface area (TPSA) is 89.3 Å². The van der Waals surface area contributed by atoms with Crippen LogP contribution in [0.25, 0.3) is 11.3 Å². The molecule has 0 aliphatic rings. The molecule has 1 heterocycles. The van der Waals surface area contributed by atoms with Gasteiger partial charge in [-0.3, -0.25) is 0 Å². The SMILES string of the molecule is COc1cc(Nc2nccc(-c3ccc(OC(C)C)c(C#N)c3)n2)cc(OC)c1. The molecular weight excluding hydrogens is 368 g/mol. The fraction of sp³-hybridized carbons (Fsp3) is 0.227. The number of methoxy groups -OCH3 is 2. The molecule has 1 aromatic heterocycles. The molecule has 0 amide bonds. The molecule has 0 atom stereocenters. The van der Waals surface area contributed by atoms with Crippen LogP contribution in [0.5, 0.6) is 17.2 Å². The van der Waals surface area contributed by atoms with Crippen LogP contribution >= 0.6 is 0 Å². The lowest BCUT2D eigenvalue weighted by atomic mass is 10.1. The molecule has 3 aromatic rings. The minimum atomic E-state index is -0.0114. The van der Waals surface area contributed by atoms with Gasteiger partial charge < -0.3 is 19.5 Å². The van der Waals surface area contributed by atoms with Crippen LogP contribution in [0.3, 0.4) is 0 Å². The molecule has 0 aliphatic carbocycles. The lowest BCUT2D eigenvalue weighted by molar-refractivity contribution is 0.242. The number of benzene rings is 2. The number of ether oxygens (including phenoxy) is 3. The lowest BCUT2D eigenvalue weighted by Gasteiger charge is -2.13. The summed E-state index contributed by atoms with van der Waals surface area (Å²) in [5.41, 5.74) is 2.68. The molecular formula is C22H22N4O3. The van der Waals surface area contributed by atoms with Crippen molar-refractivity contribution in [3.05, 3.63) is 54.2 Å². The Morgan fingerprint density at radius 1 is 1.00 bits per heavy atom. The van der Waals surface area contributed by atoms with Gasteiger partial charge >= 0.3 is 0 Å². The van der Waals surface area contributed by atoms with Crippen LogP contribution in [0.2, 0.25) is 0 Å². The number of hydrogen-bond acceptors (Lipinski definition) is 7. The Hall–Kier alpha value is -3.79. The van der Waals surface area contributed by atoms with Crippen molar-refractivity contribution in [3.63, 3.8) is 0 Å². The Balaban J connectivity index is 1.90. The second kappa shape index (κ2) is 8.93. The van der Waals surface area contributed by atoms with E-state index in [1.807, 2.05) is 32.0 Å². The summed E-state index contributed by atoms with van der Waals surface area (Å²) in [5, 5.41) is 12.6. The fourth-order valence-electron chi connectivity index (χ4n) is 2.72. The highest BCUT2D eigenvalue weighted by Gasteiger charge is 2.10. The molecule has 2 aromatic carbocycles. The van der Waals surface area contributed by atoms with Crippen molar-refractivity contribution in [2.45, 2.75) is 20.0 Å². The van der Waals surface area contributed by atoms with Gasteiger partial charge in [0.25, 0.3) is 0 Å². The van der Waals surface area contributed by atoms with E-state index in [0.717, 1.165) is 11.3 Å². The Morgan fingerprint density at radius 3 is 2.34 bits per heavy atom. The van der Waals surface area contributed by atoms with Crippen LogP contribution in [-0.2, 0) is 0 Å². The molecule has 0 saturated carbocycles. The first kappa shape index (κ1) is 20.0. The number of nitrogens with one attached hydrogen (secondary N) is 1. The average Bonchev–Trinajstić information content (AvgIpc) is 2.73. The van der Waals surface area contributed by atoms with Crippen LogP contribution in [0.1, 0.15) is 19.4 Å². The largest absolute Gasteiger partial charge is 0.497 e. The van der Waals surface area contributed by atoms with Gasteiger partial charge in [0, 0.05) is 35.6 Å². The minimum Gasteiger partial charge on any atom is -0.497 e. The van der Waals surface area contributed by atoms with Gasteiger partial charge in [-0.2, -0.15) is 5.26 Å². The Kier molecular flexibility index (Phi) is 6.15. The summed E-state index contributed by atoms with van der Waals surface area (Å²) in [4.78, 5) is 8.84. The summed E-state index contributed by atoms with van der Waals surface area (Å²) in [7, 11) is 3.18. The zero-order valence-corrected chi connectivity index (χ0v) is 16.8. The van der Waals surface area contributed by atoms with Crippen LogP contribution in [0.4, 0.5) is 11.6 Å². The lowest BCUT2D eigenvalue weighted by Crippen LogP contribution is -2.06. The van der Waals surface area contributed by atoms with Crippen LogP contribution in [-0.4, -0.2) is 30.3 Å². The first-order chi connectivity index (χ1) is 14.0. The van der Waals surface area contributed by atoms with E-state index < -0.39 is 0 Å². The number of nitrogens with zero attached hydrogens (tertiary/aromatic N) is 3. The molecule has 7 nitrogen and oxygen atoms in total. The Bertz CT molecular complexity index is 1020. The number of hydrogen-bond donors (Lipinski definition) is 1. The van der Waals surface area contributed by atoms with Gasteiger partial charge in [0.05, 0.1) is 31.6 Å². The molecule has 0 aliphatic heterocycles. The Morgan fingerprint density at radius 2 is 1.72 bits per heavy atom. The van der Waals surface area contributed by atoms with E-state index >= 15 is 0 Å². The molecule has 1 N–H and O–H groups in total. The number of aromatic nitrogens is 2. The van der Waals surface area contributed by atoms with E-state index in [1.54, 1.807) is 44.7 Å². The van der Waals surface area contributed by atoms with Crippen molar-refractivity contribution < 1.29 is 14.2 Å². The first-order valence-corrected chi connectivity index (χ1v) is 9.06. The maximum atomic E-state index is 9.45. The average molecular weight is 390 g/mol. The molecule has 29 heavy (non-hydrogen) atoms. The van der Waals surface area contributed by atoms with Crippen molar-refractivity contribution in [1.29, 1.82) is 5.26 Å². The summed E-state index contributed by atoms with van der Waals surface area (Å²) in [6, 6.07) is 14.8. The van der Waals surface area contributed by atoms with E-state index in [-0.39, 0.29) is 6.10 Å². The van der Waals surface area contributed by atoms with Crippen molar-refractivity contribution in [1.82, 2.24) is 9.97 Å². The standard InChI is InChI=1S/C22H22N4O3/c1-14(2)29-21-6-5-15(9-16(21)13-23)20-7-8-24-22(26-20)25-17-10-18(27-3)12-19(11-17)28-4/h5-12,14H,1-4H3,(H,24,25,26). The Labute approximate surface area is 169 Å². The van der Waals surface area contributed by atoms with Gasteiger partial charge in [0.15, 0.2) is 0 Å². The molecule has 7 heteroatoms. The van der Waals surface area contributed by atoms with Gasteiger partial charge in [0.2, 0.25) is 5.95 Å². The molecule has 0 fully saturated rings. The van der Waals surface area contributed by atoms with Crippen LogP contribution in [0, 0.1) is 11.3 Å². The summed E-state index contributed by atoms with van der Waals surface area (Å²) in [6.07, 6.45) is 1.65. The van der Waals surface area contributed by atoms with E-state index in [0.29, 0.717) is 34.5 Å². The van der Waals surface area contributed by atoms with Gasteiger partial charge in [-0.15, -0.1) is 0 Å². The minimum absolute atomic E-state index is 0.0114. The third-order valence-corrected chi connectivity index (χ3v) is 4.02. The van der Waals surface area contributed by atoms with Gasteiger partial charge in [-0.25, -0.2) is 9.97 Å². The molecule has 3 rings (SSSR count). The molecule has 0 bridgehead atoms. The molecule has 0 saturated heterocycles. The van der Waals surface area contributed by atoms with E-state index in [4.69, 9.17) is 14.2 Å². The second-order valence-electron chi connectivity index (χ2n) is 6.48. The smallest absolute Gasteiger partial charge is 0.227 e. The van der Waals surface area contributed by atoms with Gasteiger partial charge in [-0.1, -0.05) is 0 Å². The van der Waals surface area contributed by atoms with E-state index in [1.165, 1.54) is 0 Å². The predicted octanol–water partition coefficient (Wildman–Crippen LogP) is 4.56. The zero-order valence-electron chi connectivity index (χ0n) is 16.8. The normalized spacial score (nSPS) is 10.3. The highest BCUT2D eigenvalue weighted by atomic mass is 16.5. The number of anilines is 2. The van der Waals surface area contributed by atoms with Crippen molar-refractivity contribution in [2.24, 2.45) is 0 Å². The monoisotopic (exact) mass is 390 g/mol. The quantitative estimate of drug-likeness (QED) is 0.632. The van der Waals surface area contributed by atoms with Crippen LogP contribution in [0.15, 0.2) is 48.7 Å². The highest BCUT2D eigenvalue weighted by Crippen LogP contribution is 2.29. The molecule has 148 valence electrons. The predicted molar refractivity (Wildman–Crippen MR) is 111 cm³/mol. The molecule has 0 unspecified atom stereocenters. The summed E-state index contributed by atoms with van der Waals surface area (Å²) in [5.74, 6) is 2.28. The van der Waals surface area contributed by atoms with Crippen molar-refractivity contribution in [2.75, 3.05) is 19.5 Å². The molecule has 0 radical (unpaired) electrons. The van der Waals surface area contributed by atoms with Gasteiger partial charge in [-0.05, 0) is 38.1 Å². The maximum absolute atomic E-state index is 9.45. The zero-order chi connectivity index (χ0) is 20.8. The highest BCUT2D eigenvalue weighted by molar-refractivity contribution is 5.66. The second-order valence-corrected chi connectivity index (χ2v) is 6.48. The fourth-order valence-corrected chi connectivity index (χ4v) is 2.72.